The van der Waals surface area contributed by atoms with E-state index in [4.69, 9.17) is 4.74 Å². The number of carbonyl (C=O) groups excluding carboxylic acids is 1. The highest BCUT2D eigenvalue weighted by Gasteiger charge is 2.15. The Balaban J connectivity index is 1.64. The van der Waals surface area contributed by atoms with Gasteiger partial charge in [-0.2, -0.15) is 10.2 Å². The maximum atomic E-state index is 12.1. The molecule has 0 fully saturated rings. The number of hydrogen-bond acceptors (Lipinski definition) is 4. The van der Waals surface area contributed by atoms with E-state index < -0.39 is 5.97 Å². The van der Waals surface area contributed by atoms with Gasteiger partial charge in [0.1, 0.15) is 6.10 Å². The predicted octanol–water partition coefficient (Wildman–Crippen LogP) is 2.31. The maximum absolute atomic E-state index is 12.1. The highest BCUT2D eigenvalue weighted by molar-refractivity contribution is 5.87. The van der Waals surface area contributed by atoms with E-state index in [0.29, 0.717) is 6.54 Å². The van der Waals surface area contributed by atoms with Crippen molar-refractivity contribution in [2.45, 2.75) is 19.6 Å². The largest absolute Gasteiger partial charge is 0.456 e. The molecule has 0 spiro atoms. The first-order chi connectivity index (χ1) is 10.7. The van der Waals surface area contributed by atoms with Gasteiger partial charge in [-0.15, -0.1) is 0 Å². The molecular formula is C16H16N4O2. The zero-order valence-corrected chi connectivity index (χ0v) is 12.2. The summed E-state index contributed by atoms with van der Waals surface area (Å²) in [4.78, 5) is 12.1. The summed E-state index contributed by atoms with van der Waals surface area (Å²) in [6.45, 7) is 2.34. The molecule has 1 atom stereocenters. The highest BCUT2D eigenvalue weighted by atomic mass is 16.5. The van der Waals surface area contributed by atoms with E-state index >= 15 is 0 Å². The fourth-order valence-corrected chi connectivity index (χ4v) is 2.11. The first-order valence-electron chi connectivity index (χ1n) is 7.02. The summed E-state index contributed by atoms with van der Waals surface area (Å²) in [5.41, 5.74) is 1.18. The van der Waals surface area contributed by atoms with E-state index in [1.54, 1.807) is 27.8 Å². The minimum Gasteiger partial charge on any atom is -0.456 e. The van der Waals surface area contributed by atoms with Crippen molar-refractivity contribution in [3.8, 4) is 5.69 Å². The monoisotopic (exact) mass is 296 g/mol. The van der Waals surface area contributed by atoms with E-state index in [2.05, 4.69) is 10.2 Å². The average Bonchev–Trinajstić information content (AvgIpc) is 3.19. The smallest absolute Gasteiger partial charge is 0.359 e. The molecule has 0 saturated carbocycles. The van der Waals surface area contributed by atoms with Gasteiger partial charge in [0.25, 0.3) is 0 Å². The van der Waals surface area contributed by atoms with Crippen molar-refractivity contribution in [1.29, 1.82) is 0 Å². The molecule has 6 heteroatoms. The molecule has 0 saturated heterocycles. The van der Waals surface area contributed by atoms with Gasteiger partial charge in [-0.05, 0) is 31.2 Å². The Hall–Kier alpha value is -2.89. The van der Waals surface area contributed by atoms with Crippen molar-refractivity contribution in [2.24, 2.45) is 0 Å². The molecule has 2 aromatic heterocycles. The second-order valence-corrected chi connectivity index (χ2v) is 4.93. The Kier molecular flexibility index (Phi) is 4.00. The number of esters is 1. The van der Waals surface area contributed by atoms with Crippen LogP contribution in [0.25, 0.3) is 5.69 Å². The quantitative estimate of drug-likeness (QED) is 0.678. The molecule has 22 heavy (non-hydrogen) atoms. The van der Waals surface area contributed by atoms with Crippen molar-refractivity contribution in [3.63, 3.8) is 0 Å². The van der Waals surface area contributed by atoms with Gasteiger partial charge >= 0.3 is 5.97 Å². The lowest BCUT2D eigenvalue weighted by atomic mass is 10.3. The Bertz CT molecular complexity index is 735. The Morgan fingerprint density at radius 2 is 2.00 bits per heavy atom. The zero-order chi connectivity index (χ0) is 15.4. The minimum absolute atomic E-state index is 0.283. The number of ether oxygens (including phenoxy) is 1. The van der Waals surface area contributed by atoms with Crippen LogP contribution >= 0.6 is 0 Å². The van der Waals surface area contributed by atoms with Crippen molar-refractivity contribution in [1.82, 2.24) is 19.6 Å². The third kappa shape index (κ3) is 3.22. The van der Waals surface area contributed by atoms with E-state index in [1.165, 1.54) is 0 Å². The molecule has 0 bridgehead atoms. The summed E-state index contributed by atoms with van der Waals surface area (Å²) in [6.07, 6.45) is 4.98. The van der Waals surface area contributed by atoms with Crippen molar-refractivity contribution < 1.29 is 9.53 Å². The van der Waals surface area contributed by atoms with Gasteiger partial charge in [0.2, 0.25) is 0 Å². The van der Waals surface area contributed by atoms with E-state index in [9.17, 15) is 4.79 Å². The van der Waals surface area contributed by atoms with Crippen molar-refractivity contribution in [2.75, 3.05) is 0 Å². The third-order valence-electron chi connectivity index (χ3n) is 3.13. The molecule has 6 nitrogen and oxygen atoms in total. The van der Waals surface area contributed by atoms with Gasteiger partial charge in [0.15, 0.2) is 5.69 Å². The van der Waals surface area contributed by atoms with E-state index in [-0.39, 0.29) is 11.8 Å². The number of nitrogens with zero attached hydrogens (tertiary/aromatic N) is 4. The van der Waals surface area contributed by atoms with Crippen LogP contribution in [0.2, 0.25) is 0 Å². The molecule has 0 radical (unpaired) electrons. The minimum atomic E-state index is -0.436. The second kappa shape index (κ2) is 6.26. The van der Waals surface area contributed by atoms with Crippen LogP contribution in [0.3, 0.4) is 0 Å². The number of benzene rings is 1. The number of hydrogen-bond donors (Lipinski definition) is 0. The van der Waals surface area contributed by atoms with Gasteiger partial charge in [0, 0.05) is 18.6 Å². The van der Waals surface area contributed by atoms with Crippen LogP contribution in [-0.2, 0) is 11.3 Å². The van der Waals surface area contributed by atoms with Crippen LogP contribution in [0.1, 0.15) is 17.4 Å². The summed E-state index contributed by atoms with van der Waals surface area (Å²) in [5.74, 6) is -0.436. The average molecular weight is 296 g/mol. The Morgan fingerprint density at radius 3 is 2.73 bits per heavy atom. The summed E-state index contributed by atoms with van der Waals surface area (Å²) in [7, 11) is 0. The van der Waals surface area contributed by atoms with Gasteiger partial charge in [-0.25, -0.2) is 9.48 Å². The van der Waals surface area contributed by atoms with Crippen LogP contribution in [-0.4, -0.2) is 31.6 Å². The fourth-order valence-electron chi connectivity index (χ4n) is 2.11. The van der Waals surface area contributed by atoms with Crippen molar-refractivity contribution in [3.05, 3.63) is 66.7 Å². The summed E-state index contributed by atoms with van der Waals surface area (Å²) < 4.78 is 8.75. The van der Waals surface area contributed by atoms with Crippen LogP contribution in [0.4, 0.5) is 0 Å². The Morgan fingerprint density at radius 1 is 1.18 bits per heavy atom. The maximum Gasteiger partial charge on any atom is 0.359 e. The molecule has 0 aliphatic heterocycles. The number of rotatable bonds is 5. The number of para-hydroxylation sites is 1. The molecule has 2 heterocycles. The highest BCUT2D eigenvalue weighted by Crippen LogP contribution is 2.09. The fraction of sp³-hybridized carbons (Fsp3) is 0.188. The van der Waals surface area contributed by atoms with Crippen LogP contribution in [0, 0.1) is 0 Å². The topological polar surface area (TPSA) is 61.9 Å². The lowest BCUT2D eigenvalue weighted by Gasteiger charge is -2.12. The normalized spacial score (nSPS) is 12.0. The standard InChI is InChI=1S/C16H16N4O2/c1-13(12-19-10-5-9-17-19)22-16(21)15-8-11-20(18-15)14-6-3-2-4-7-14/h2-11,13H,12H2,1H3/t13-/m1/s1. The van der Waals surface area contributed by atoms with Crippen LogP contribution < -0.4 is 0 Å². The molecule has 3 aromatic rings. The van der Waals surface area contributed by atoms with Gasteiger partial charge in [0.05, 0.1) is 12.2 Å². The third-order valence-corrected chi connectivity index (χ3v) is 3.13. The second-order valence-electron chi connectivity index (χ2n) is 4.93. The van der Waals surface area contributed by atoms with Gasteiger partial charge in [-0.1, -0.05) is 18.2 Å². The van der Waals surface area contributed by atoms with Crippen LogP contribution in [0.5, 0.6) is 0 Å². The Labute approximate surface area is 127 Å². The van der Waals surface area contributed by atoms with E-state index in [1.807, 2.05) is 49.5 Å². The zero-order valence-electron chi connectivity index (χ0n) is 12.2. The first-order valence-corrected chi connectivity index (χ1v) is 7.02. The van der Waals surface area contributed by atoms with E-state index in [0.717, 1.165) is 5.69 Å². The molecule has 0 N–H and O–H groups in total. The summed E-state index contributed by atoms with van der Waals surface area (Å²) in [6, 6.07) is 13.1. The predicted molar refractivity (Wildman–Crippen MR) is 80.7 cm³/mol. The first kappa shape index (κ1) is 14.1. The summed E-state index contributed by atoms with van der Waals surface area (Å²) >= 11 is 0. The molecule has 112 valence electrons. The molecule has 0 unspecified atom stereocenters. The molecular weight excluding hydrogens is 280 g/mol. The molecule has 0 aliphatic carbocycles. The van der Waals surface area contributed by atoms with Crippen molar-refractivity contribution >= 4 is 5.97 Å². The number of carbonyl (C=O) groups is 1. The molecule has 0 amide bonds. The molecule has 3 rings (SSSR count). The summed E-state index contributed by atoms with van der Waals surface area (Å²) in [5, 5.41) is 8.34. The number of aromatic nitrogens is 4. The lowest BCUT2D eigenvalue weighted by molar-refractivity contribution is 0.0291. The van der Waals surface area contributed by atoms with Gasteiger partial charge in [-0.3, -0.25) is 4.68 Å². The lowest BCUT2D eigenvalue weighted by Crippen LogP contribution is -2.21. The van der Waals surface area contributed by atoms with Gasteiger partial charge < -0.3 is 4.74 Å². The molecule has 0 aliphatic rings. The van der Waals surface area contributed by atoms with Crippen LogP contribution in [0.15, 0.2) is 61.1 Å². The molecule has 1 aromatic carbocycles. The SMILES string of the molecule is C[C@H](Cn1cccn1)OC(=O)c1ccn(-c2ccccc2)n1.